The van der Waals surface area contributed by atoms with E-state index in [1.54, 1.807) is 6.92 Å². The van der Waals surface area contributed by atoms with Gasteiger partial charge in [0.15, 0.2) is 5.82 Å². The fraction of sp³-hybridized carbons (Fsp3) is 0.500. The quantitative estimate of drug-likeness (QED) is 0.846. The fourth-order valence-electron chi connectivity index (χ4n) is 2.13. The molecule has 1 aromatic carbocycles. The highest BCUT2D eigenvalue weighted by molar-refractivity contribution is 5.27. The summed E-state index contributed by atoms with van der Waals surface area (Å²) in [5, 5.41) is 13.3. The zero-order valence-corrected chi connectivity index (χ0v) is 12.9. The molecule has 0 saturated carbocycles. The predicted molar refractivity (Wildman–Crippen MR) is 80.9 cm³/mol. The van der Waals surface area contributed by atoms with Gasteiger partial charge in [-0.05, 0) is 38.4 Å². The summed E-state index contributed by atoms with van der Waals surface area (Å²) in [5.74, 6) is 1.33. The lowest BCUT2D eigenvalue weighted by Crippen LogP contribution is -2.22. The number of nitrogens with zero attached hydrogens (tertiary/aromatic N) is 3. The summed E-state index contributed by atoms with van der Waals surface area (Å²) in [4.78, 5) is 6.51. The molecule has 1 aromatic heterocycles. The lowest BCUT2D eigenvalue weighted by Gasteiger charge is -2.14. The van der Waals surface area contributed by atoms with Gasteiger partial charge in [0, 0.05) is 6.54 Å². The van der Waals surface area contributed by atoms with Crippen molar-refractivity contribution in [1.29, 1.82) is 0 Å². The molecule has 0 bridgehead atoms. The van der Waals surface area contributed by atoms with Crippen molar-refractivity contribution in [3.63, 3.8) is 0 Å². The average Bonchev–Trinajstić information content (AvgIpc) is 2.86. The molecule has 0 spiro atoms. The first kappa shape index (κ1) is 15.7. The van der Waals surface area contributed by atoms with Gasteiger partial charge in [-0.25, -0.2) is 0 Å². The largest absolute Gasteiger partial charge is 0.393 e. The van der Waals surface area contributed by atoms with Gasteiger partial charge in [0.05, 0.1) is 19.1 Å². The second-order valence-electron chi connectivity index (χ2n) is 5.58. The lowest BCUT2D eigenvalue weighted by molar-refractivity contribution is 0.161. The smallest absolute Gasteiger partial charge is 0.231 e. The number of aliphatic hydroxyl groups excluding tert-OH is 1. The Bertz CT molecular complexity index is 566. The van der Waals surface area contributed by atoms with Crippen LogP contribution in [0, 0.1) is 6.92 Å². The monoisotopic (exact) mass is 289 g/mol. The van der Waals surface area contributed by atoms with Crippen LogP contribution in [-0.4, -0.2) is 39.8 Å². The van der Waals surface area contributed by atoms with Crippen molar-refractivity contribution < 1.29 is 9.63 Å². The third-order valence-electron chi connectivity index (χ3n) is 3.45. The maximum Gasteiger partial charge on any atom is 0.231 e. The Labute approximate surface area is 125 Å². The van der Waals surface area contributed by atoms with Gasteiger partial charge < -0.3 is 9.63 Å². The fourth-order valence-corrected chi connectivity index (χ4v) is 2.13. The van der Waals surface area contributed by atoms with Gasteiger partial charge in [-0.2, -0.15) is 4.98 Å². The van der Waals surface area contributed by atoms with Crippen molar-refractivity contribution in [3.05, 3.63) is 47.1 Å². The van der Waals surface area contributed by atoms with Gasteiger partial charge in [-0.15, -0.1) is 0 Å². The first-order valence-electron chi connectivity index (χ1n) is 7.27. The van der Waals surface area contributed by atoms with Gasteiger partial charge in [0.25, 0.3) is 0 Å². The highest BCUT2D eigenvalue weighted by Gasteiger charge is 2.11. The minimum atomic E-state index is -0.283. The van der Waals surface area contributed by atoms with Crippen LogP contribution >= 0.6 is 0 Å². The van der Waals surface area contributed by atoms with Crippen molar-refractivity contribution in [2.24, 2.45) is 0 Å². The van der Waals surface area contributed by atoms with Crippen LogP contribution in [0.1, 0.15) is 36.2 Å². The van der Waals surface area contributed by atoms with Crippen LogP contribution in [0.15, 0.2) is 28.8 Å². The molecule has 1 N–H and O–H groups in total. The molecule has 1 heterocycles. The van der Waals surface area contributed by atoms with Crippen molar-refractivity contribution in [3.8, 4) is 0 Å². The minimum absolute atomic E-state index is 0.283. The predicted octanol–water partition coefficient (Wildman–Crippen LogP) is 2.17. The van der Waals surface area contributed by atoms with Crippen LogP contribution in [0.2, 0.25) is 0 Å². The molecule has 0 fully saturated rings. The van der Waals surface area contributed by atoms with Crippen LogP contribution < -0.4 is 0 Å². The second-order valence-corrected chi connectivity index (χ2v) is 5.58. The van der Waals surface area contributed by atoms with Crippen LogP contribution in [0.3, 0.4) is 0 Å². The normalized spacial score (nSPS) is 12.8. The Morgan fingerprint density at radius 1 is 1.33 bits per heavy atom. The molecule has 5 heteroatoms. The van der Waals surface area contributed by atoms with E-state index >= 15 is 0 Å². The maximum atomic E-state index is 9.29. The molecule has 0 amide bonds. The SMILES string of the molecule is Cc1ccccc1Cc1nc(CN(C)CCC(C)O)no1. The standard InChI is InChI=1S/C16H23N3O2/c1-12-6-4-5-7-14(12)10-16-17-15(18-21-16)11-19(3)9-8-13(2)20/h4-7,13,20H,8-11H2,1-3H3. The number of aryl methyl sites for hydroxylation is 1. The first-order chi connectivity index (χ1) is 10.0. The Hall–Kier alpha value is -1.72. The van der Waals surface area contributed by atoms with Gasteiger partial charge in [-0.3, -0.25) is 4.90 Å². The van der Waals surface area contributed by atoms with E-state index < -0.39 is 0 Å². The van der Waals surface area contributed by atoms with E-state index in [9.17, 15) is 5.11 Å². The van der Waals surface area contributed by atoms with Crippen molar-refractivity contribution >= 4 is 0 Å². The molecule has 0 aliphatic carbocycles. The molecule has 2 aromatic rings. The summed E-state index contributed by atoms with van der Waals surface area (Å²) in [6.45, 7) is 5.31. The van der Waals surface area contributed by atoms with Crippen LogP contribution in [0.5, 0.6) is 0 Å². The van der Waals surface area contributed by atoms with E-state index in [1.807, 2.05) is 19.2 Å². The molecule has 0 radical (unpaired) electrons. The molecule has 1 atom stereocenters. The summed E-state index contributed by atoms with van der Waals surface area (Å²) >= 11 is 0. The average molecular weight is 289 g/mol. The second kappa shape index (κ2) is 7.33. The molecule has 2 rings (SSSR count). The van der Waals surface area contributed by atoms with Crippen LogP contribution in [-0.2, 0) is 13.0 Å². The summed E-state index contributed by atoms with van der Waals surface area (Å²) in [6.07, 6.45) is 1.12. The Morgan fingerprint density at radius 3 is 2.81 bits per heavy atom. The van der Waals surface area contributed by atoms with E-state index in [4.69, 9.17) is 4.52 Å². The summed E-state index contributed by atoms with van der Waals surface area (Å²) < 4.78 is 5.31. The Kier molecular flexibility index (Phi) is 5.47. The highest BCUT2D eigenvalue weighted by Crippen LogP contribution is 2.12. The van der Waals surface area contributed by atoms with E-state index in [2.05, 4.69) is 34.1 Å². The van der Waals surface area contributed by atoms with Gasteiger partial charge in [0.1, 0.15) is 0 Å². The minimum Gasteiger partial charge on any atom is -0.393 e. The van der Waals surface area contributed by atoms with E-state index in [-0.39, 0.29) is 6.10 Å². The number of benzene rings is 1. The molecule has 0 aliphatic heterocycles. The number of rotatable bonds is 7. The van der Waals surface area contributed by atoms with Gasteiger partial charge in [-0.1, -0.05) is 29.4 Å². The third kappa shape index (κ3) is 4.95. The maximum absolute atomic E-state index is 9.29. The van der Waals surface area contributed by atoms with Gasteiger partial charge >= 0.3 is 0 Å². The third-order valence-corrected chi connectivity index (χ3v) is 3.45. The van der Waals surface area contributed by atoms with Gasteiger partial charge in [0.2, 0.25) is 5.89 Å². The molecule has 0 saturated heterocycles. The molecule has 5 nitrogen and oxygen atoms in total. The topological polar surface area (TPSA) is 62.4 Å². The molecule has 0 aliphatic rings. The lowest BCUT2D eigenvalue weighted by atomic mass is 10.1. The first-order valence-corrected chi connectivity index (χ1v) is 7.27. The molecular weight excluding hydrogens is 266 g/mol. The van der Waals surface area contributed by atoms with E-state index in [1.165, 1.54) is 11.1 Å². The number of aliphatic hydroxyl groups is 1. The van der Waals surface area contributed by atoms with Crippen LogP contribution in [0.4, 0.5) is 0 Å². The molecule has 1 unspecified atom stereocenters. The van der Waals surface area contributed by atoms with Crippen molar-refractivity contribution in [2.45, 2.75) is 39.3 Å². The number of hydrogen-bond donors (Lipinski definition) is 1. The van der Waals surface area contributed by atoms with E-state index in [0.717, 1.165) is 13.0 Å². The summed E-state index contributed by atoms with van der Waals surface area (Å²) in [6, 6.07) is 8.20. The van der Waals surface area contributed by atoms with Crippen LogP contribution in [0.25, 0.3) is 0 Å². The number of hydrogen-bond acceptors (Lipinski definition) is 5. The molecule has 114 valence electrons. The number of aromatic nitrogens is 2. The van der Waals surface area contributed by atoms with Crippen molar-refractivity contribution in [2.75, 3.05) is 13.6 Å². The molecule has 21 heavy (non-hydrogen) atoms. The molecular formula is C16H23N3O2. The Morgan fingerprint density at radius 2 is 2.10 bits per heavy atom. The van der Waals surface area contributed by atoms with Crippen molar-refractivity contribution in [1.82, 2.24) is 15.0 Å². The zero-order chi connectivity index (χ0) is 15.2. The zero-order valence-electron chi connectivity index (χ0n) is 12.9. The summed E-state index contributed by atoms with van der Waals surface area (Å²) in [5.41, 5.74) is 2.43. The Balaban J connectivity index is 1.91. The highest BCUT2D eigenvalue weighted by atomic mass is 16.5. The van der Waals surface area contributed by atoms with E-state index in [0.29, 0.717) is 24.7 Å². The summed E-state index contributed by atoms with van der Waals surface area (Å²) in [7, 11) is 1.99.